The maximum Gasteiger partial charge on any atom is 0.317 e. The van der Waals surface area contributed by atoms with Gasteiger partial charge in [-0.25, -0.2) is 9.78 Å². The van der Waals surface area contributed by atoms with Gasteiger partial charge in [-0.1, -0.05) is 19.0 Å². The number of urea groups is 1. The average molecular weight is 406 g/mol. The van der Waals surface area contributed by atoms with E-state index in [9.17, 15) is 9.59 Å². The van der Waals surface area contributed by atoms with Crippen LogP contribution in [-0.2, 0) is 17.8 Å². The van der Waals surface area contributed by atoms with Gasteiger partial charge in [0.25, 0.3) is 0 Å². The van der Waals surface area contributed by atoms with Crippen molar-refractivity contribution >= 4 is 23.3 Å². The van der Waals surface area contributed by atoms with Gasteiger partial charge in [-0.2, -0.15) is 0 Å². The van der Waals surface area contributed by atoms with Crippen LogP contribution in [0.1, 0.15) is 47.5 Å². The molecule has 0 aliphatic carbocycles. The number of nitrogens with zero attached hydrogens (tertiary/aromatic N) is 4. The fourth-order valence-electron chi connectivity index (χ4n) is 3.12. The van der Waals surface area contributed by atoms with Crippen molar-refractivity contribution in [1.29, 1.82) is 0 Å². The Balaban J connectivity index is 1.45. The van der Waals surface area contributed by atoms with Crippen LogP contribution in [0.15, 0.2) is 9.90 Å². The smallest absolute Gasteiger partial charge is 0.317 e. The lowest BCUT2D eigenvalue weighted by molar-refractivity contribution is -0.131. The standard InChI is InChI=1S/C19H27N5O3S/c1-12(2)18-21-15(11-28-18)10-20-19(26)24-7-5-23(6-8-24)17(25)9-16-13(3)22-27-14(16)4/h11-12H,5-10H2,1-4H3,(H,20,26). The van der Waals surface area contributed by atoms with E-state index in [0.29, 0.717) is 44.4 Å². The van der Waals surface area contributed by atoms with Crippen LogP contribution < -0.4 is 5.32 Å². The predicted octanol–water partition coefficient (Wildman–Crippen LogP) is 2.47. The minimum Gasteiger partial charge on any atom is -0.361 e. The van der Waals surface area contributed by atoms with Crippen LogP contribution in [0, 0.1) is 13.8 Å². The molecule has 0 spiro atoms. The number of hydrogen-bond donors (Lipinski definition) is 1. The molecule has 152 valence electrons. The second-order valence-corrected chi connectivity index (χ2v) is 8.23. The zero-order valence-electron chi connectivity index (χ0n) is 16.8. The normalized spacial score (nSPS) is 14.6. The van der Waals surface area contributed by atoms with E-state index >= 15 is 0 Å². The average Bonchev–Trinajstić information content (AvgIpc) is 3.28. The molecule has 1 N–H and O–H groups in total. The van der Waals surface area contributed by atoms with Gasteiger partial charge in [0, 0.05) is 43.0 Å². The molecule has 2 aromatic rings. The molecule has 0 unspecified atom stereocenters. The van der Waals surface area contributed by atoms with E-state index in [-0.39, 0.29) is 18.4 Å². The van der Waals surface area contributed by atoms with Crippen molar-refractivity contribution in [3.63, 3.8) is 0 Å². The van der Waals surface area contributed by atoms with Crippen molar-refractivity contribution in [2.75, 3.05) is 26.2 Å². The number of hydrogen-bond acceptors (Lipinski definition) is 6. The minimum atomic E-state index is -0.114. The van der Waals surface area contributed by atoms with Gasteiger partial charge in [-0.05, 0) is 13.8 Å². The summed E-state index contributed by atoms with van der Waals surface area (Å²) in [6, 6.07) is -0.114. The molecule has 1 saturated heterocycles. The molecular weight excluding hydrogens is 378 g/mol. The lowest BCUT2D eigenvalue weighted by Gasteiger charge is -2.34. The largest absolute Gasteiger partial charge is 0.361 e. The van der Waals surface area contributed by atoms with Crippen LogP contribution in [0.4, 0.5) is 4.79 Å². The molecule has 9 heteroatoms. The molecule has 1 aliphatic rings. The molecule has 3 amide bonds. The van der Waals surface area contributed by atoms with Gasteiger partial charge >= 0.3 is 6.03 Å². The van der Waals surface area contributed by atoms with Gasteiger partial charge in [0.1, 0.15) is 5.76 Å². The zero-order valence-corrected chi connectivity index (χ0v) is 17.6. The number of piperazine rings is 1. The number of aromatic nitrogens is 2. The van der Waals surface area contributed by atoms with E-state index in [0.717, 1.165) is 22.0 Å². The SMILES string of the molecule is Cc1noc(C)c1CC(=O)N1CCN(C(=O)NCc2csc(C(C)C)n2)CC1. The van der Waals surface area contributed by atoms with Crippen molar-refractivity contribution in [3.8, 4) is 0 Å². The first-order chi connectivity index (χ1) is 13.3. The second-order valence-electron chi connectivity index (χ2n) is 7.34. The molecule has 28 heavy (non-hydrogen) atoms. The molecule has 0 atom stereocenters. The van der Waals surface area contributed by atoms with Crippen molar-refractivity contribution in [3.05, 3.63) is 33.1 Å². The van der Waals surface area contributed by atoms with Crippen LogP contribution in [-0.4, -0.2) is 58.1 Å². The third-order valence-corrected chi connectivity index (χ3v) is 6.11. The second kappa shape index (κ2) is 8.72. The van der Waals surface area contributed by atoms with E-state index < -0.39 is 0 Å². The third kappa shape index (κ3) is 4.70. The Hall–Kier alpha value is -2.42. The Bertz CT molecular complexity index is 817. The van der Waals surface area contributed by atoms with Gasteiger partial charge in [0.05, 0.1) is 29.4 Å². The molecule has 1 fully saturated rings. The molecular formula is C19H27N5O3S. The lowest BCUT2D eigenvalue weighted by atomic mass is 10.1. The van der Waals surface area contributed by atoms with E-state index in [1.807, 2.05) is 19.2 Å². The van der Waals surface area contributed by atoms with Crippen molar-refractivity contribution in [2.45, 2.75) is 46.6 Å². The number of nitrogens with one attached hydrogen (secondary N) is 1. The van der Waals surface area contributed by atoms with Gasteiger partial charge in [0.2, 0.25) is 5.91 Å². The maximum atomic E-state index is 12.5. The molecule has 2 aromatic heterocycles. The first-order valence-electron chi connectivity index (χ1n) is 9.51. The van der Waals surface area contributed by atoms with Crippen molar-refractivity contribution in [1.82, 2.24) is 25.3 Å². The number of carbonyl (C=O) groups excluding carboxylic acids is 2. The number of amides is 3. The maximum absolute atomic E-state index is 12.5. The van der Waals surface area contributed by atoms with Crippen molar-refractivity contribution in [2.24, 2.45) is 0 Å². The Kier molecular flexibility index (Phi) is 6.33. The summed E-state index contributed by atoms with van der Waals surface area (Å²) in [5.74, 6) is 1.12. The van der Waals surface area contributed by atoms with Crippen LogP contribution in [0.3, 0.4) is 0 Å². The van der Waals surface area contributed by atoms with Crippen LogP contribution >= 0.6 is 11.3 Å². The van der Waals surface area contributed by atoms with Crippen LogP contribution in [0.2, 0.25) is 0 Å². The molecule has 0 saturated carbocycles. The summed E-state index contributed by atoms with van der Waals surface area (Å²) >= 11 is 1.62. The quantitative estimate of drug-likeness (QED) is 0.825. The Labute approximate surface area is 168 Å². The fourth-order valence-corrected chi connectivity index (χ4v) is 3.96. The number of carbonyl (C=O) groups is 2. The topological polar surface area (TPSA) is 91.6 Å². The molecule has 3 heterocycles. The van der Waals surface area contributed by atoms with E-state index in [1.165, 1.54) is 0 Å². The molecule has 0 bridgehead atoms. The number of aryl methyl sites for hydroxylation is 2. The highest BCUT2D eigenvalue weighted by molar-refractivity contribution is 7.09. The summed E-state index contributed by atoms with van der Waals surface area (Å²) in [6.45, 7) is 10.4. The fraction of sp³-hybridized carbons (Fsp3) is 0.579. The highest BCUT2D eigenvalue weighted by Gasteiger charge is 2.25. The Morgan fingerprint density at radius 1 is 1.21 bits per heavy atom. The van der Waals surface area contributed by atoms with Crippen LogP contribution in [0.25, 0.3) is 0 Å². The zero-order chi connectivity index (χ0) is 20.3. The highest BCUT2D eigenvalue weighted by Crippen LogP contribution is 2.19. The van der Waals surface area contributed by atoms with Gasteiger partial charge in [-0.15, -0.1) is 11.3 Å². The van der Waals surface area contributed by atoms with Gasteiger partial charge in [-0.3, -0.25) is 4.79 Å². The summed E-state index contributed by atoms with van der Waals surface area (Å²) < 4.78 is 5.12. The van der Waals surface area contributed by atoms with Crippen LogP contribution in [0.5, 0.6) is 0 Å². The monoisotopic (exact) mass is 405 g/mol. The van der Waals surface area contributed by atoms with Crippen molar-refractivity contribution < 1.29 is 14.1 Å². The first kappa shape index (κ1) is 20.3. The van der Waals surface area contributed by atoms with Gasteiger partial charge in [0.15, 0.2) is 0 Å². The third-order valence-electron chi connectivity index (χ3n) is 4.91. The Morgan fingerprint density at radius 3 is 2.46 bits per heavy atom. The number of thiazole rings is 1. The number of rotatable bonds is 5. The van der Waals surface area contributed by atoms with E-state index in [4.69, 9.17) is 4.52 Å². The highest BCUT2D eigenvalue weighted by atomic mass is 32.1. The first-order valence-corrected chi connectivity index (χ1v) is 10.4. The summed E-state index contributed by atoms with van der Waals surface area (Å²) in [5, 5.41) is 9.88. The minimum absolute atomic E-state index is 0.0400. The van der Waals surface area contributed by atoms with E-state index in [1.54, 1.807) is 21.1 Å². The Morgan fingerprint density at radius 2 is 1.89 bits per heavy atom. The molecule has 8 nitrogen and oxygen atoms in total. The van der Waals surface area contributed by atoms with Gasteiger partial charge < -0.3 is 19.6 Å². The summed E-state index contributed by atoms with van der Waals surface area (Å²) in [4.78, 5) is 33.0. The molecule has 0 aromatic carbocycles. The summed E-state index contributed by atoms with van der Waals surface area (Å²) in [5.41, 5.74) is 2.50. The molecule has 3 rings (SSSR count). The summed E-state index contributed by atoms with van der Waals surface area (Å²) in [6.07, 6.45) is 0.287. The molecule has 0 radical (unpaired) electrons. The predicted molar refractivity (Wildman–Crippen MR) is 106 cm³/mol. The lowest BCUT2D eigenvalue weighted by Crippen LogP contribution is -2.53. The summed E-state index contributed by atoms with van der Waals surface area (Å²) in [7, 11) is 0. The van der Waals surface area contributed by atoms with E-state index in [2.05, 4.69) is 29.3 Å². The molecule has 1 aliphatic heterocycles.